The van der Waals surface area contributed by atoms with Crippen molar-refractivity contribution in [2.45, 2.75) is 19.3 Å². The van der Waals surface area contributed by atoms with E-state index in [1.54, 1.807) is 0 Å². The fraction of sp³-hybridized carbons (Fsp3) is 0.0732. The molecule has 1 heteroatoms. The van der Waals surface area contributed by atoms with Crippen molar-refractivity contribution >= 4 is 38.6 Å². The standard InChI is InChI=1S/C41H31N/c1-41(2)37-23-13-22-33(29-15-5-3-6-16-29)39(37)36-27-38(34-20-11-12-21-35(34)40(36)41)42(31-18-7-4-8-19-31)32-25-24-28-14-9-10-17-30(28)26-32/h3-27H,1-2H3. The van der Waals surface area contributed by atoms with Crippen LogP contribution in [0.1, 0.15) is 25.0 Å². The van der Waals surface area contributed by atoms with Crippen LogP contribution in [-0.4, -0.2) is 0 Å². The molecule has 0 aliphatic heterocycles. The van der Waals surface area contributed by atoms with Gasteiger partial charge in [-0.3, -0.25) is 0 Å². The number of hydrogen-bond acceptors (Lipinski definition) is 1. The highest BCUT2D eigenvalue weighted by Gasteiger charge is 2.39. The first-order chi connectivity index (χ1) is 20.6. The molecule has 42 heavy (non-hydrogen) atoms. The molecule has 7 aromatic carbocycles. The van der Waals surface area contributed by atoms with Gasteiger partial charge in [-0.25, -0.2) is 0 Å². The van der Waals surface area contributed by atoms with Crippen LogP contribution in [0.5, 0.6) is 0 Å². The zero-order valence-electron chi connectivity index (χ0n) is 23.9. The van der Waals surface area contributed by atoms with Gasteiger partial charge < -0.3 is 4.90 Å². The van der Waals surface area contributed by atoms with Gasteiger partial charge in [0, 0.05) is 22.2 Å². The van der Waals surface area contributed by atoms with E-state index in [0.717, 1.165) is 11.4 Å². The van der Waals surface area contributed by atoms with Crippen LogP contribution >= 0.6 is 0 Å². The van der Waals surface area contributed by atoms with E-state index >= 15 is 0 Å². The van der Waals surface area contributed by atoms with Crippen LogP contribution in [0.4, 0.5) is 17.1 Å². The predicted octanol–water partition coefficient (Wildman–Crippen LogP) is 11.4. The van der Waals surface area contributed by atoms with Crippen molar-refractivity contribution in [2.75, 3.05) is 4.90 Å². The van der Waals surface area contributed by atoms with Gasteiger partial charge in [-0.1, -0.05) is 135 Å². The van der Waals surface area contributed by atoms with Crippen molar-refractivity contribution in [3.63, 3.8) is 0 Å². The largest absolute Gasteiger partial charge is 0.310 e. The molecule has 0 spiro atoms. The Morgan fingerprint density at radius 1 is 0.476 bits per heavy atom. The van der Waals surface area contributed by atoms with Gasteiger partial charge in [-0.15, -0.1) is 0 Å². The van der Waals surface area contributed by atoms with E-state index in [-0.39, 0.29) is 5.41 Å². The molecule has 0 fully saturated rings. The third kappa shape index (κ3) is 3.71. The Labute approximate surface area is 247 Å². The van der Waals surface area contributed by atoms with Gasteiger partial charge in [0.25, 0.3) is 0 Å². The number of rotatable bonds is 4. The van der Waals surface area contributed by atoms with E-state index in [1.165, 1.54) is 60.6 Å². The van der Waals surface area contributed by atoms with E-state index < -0.39 is 0 Å². The maximum atomic E-state index is 2.46. The third-order valence-corrected chi connectivity index (χ3v) is 8.99. The number of benzene rings is 7. The SMILES string of the molecule is CC1(C)c2cccc(-c3ccccc3)c2-c2cc(N(c3ccccc3)c3ccc4ccccc4c3)c3ccccc3c21. The van der Waals surface area contributed by atoms with Crippen molar-refractivity contribution < 1.29 is 0 Å². The third-order valence-electron chi connectivity index (χ3n) is 8.99. The number of fused-ring (bicyclic) bond motifs is 6. The number of para-hydroxylation sites is 1. The van der Waals surface area contributed by atoms with Crippen LogP contribution in [0.2, 0.25) is 0 Å². The van der Waals surface area contributed by atoms with Crippen LogP contribution < -0.4 is 4.90 Å². The summed E-state index contributed by atoms with van der Waals surface area (Å²) in [6.45, 7) is 4.77. The molecule has 1 nitrogen and oxygen atoms in total. The molecule has 7 aromatic rings. The van der Waals surface area contributed by atoms with E-state index in [9.17, 15) is 0 Å². The zero-order chi connectivity index (χ0) is 28.3. The first-order valence-corrected chi connectivity index (χ1v) is 14.7. The van der Waals surface area contributed by atoms with Gasteiger partial charge in [0.2, 0.25) is 0 Å². The van der Waals surface area contributed by atoms with Crippen molar-refractivity contribution in [3.8, 4) is 22.3 Å². The molecule has 0 N–H and O–H groups in total. The fourth-order valence-electron chi connectivity index (χ4n) is 7.09. The molecule has 200 valence electrons. The summed E-state index contributed by atoms with van der Waals surface area (Å²) in [4.78, 5) is 2.44. The van der Waals surface area contributed by atoms with E-state index in [4.69, 9.17) is 0 Å². The molecule has 0 heterocycles. The summed E-state index contributed by atoms with van der Waals surface area (Å²) >= 11 is 0. The minimum absolute atomic E-state index is 0.131. The summed E-state index contributed by atoms with van der Waals surface area (Å²) in [6, 6.07) is 55.3. The topological polar surface area (TPSA) is 3.24 Å². The van der Waals surface area contributed by atoms with Crippen LogP contribution in [0.3, 0.4) is 0 Å². The smallest absolute Gasteiger partial charge is 0.0546 e. The fourth-order valence-corrected chi connectivity index (χ4v) is 7.09. The predicted molar refractivity (Wildman–Crippen MR) is 179 cm³/mol. The minimum atomic E-state index is -0.131. The normalized spacial score (nSPS) is 13.2. The van der Waals surface area contributed by atoms with E-state index in [1.807, 2.05) is 0 Å². The minimum Gasteiger partial charge on any atom is -0.310 e. The molecule has 0 radical (unpaired) electrons. The molecule has 0 saturated carbocycles. The number of hydrogen-bond donors (Lipinski definition) is 0. The van der Waals surface area contributed by atoms with E-state index in [0.29, 0.717) is 0 Å². The summed E-state index contributed by atoms with van der Waals surface area (Å²) in [7, 11) is 0. The molecule has 0 aromatic heterocycles. The molecule has 8 rings (SSSR count). The Kier molecular flexibility index (Phi) is 5.55. The summed E-state index contributed by atoms with van der Waals surface area (Å²) in [5, 5.41) is 5.05. The molecule has 0 amide bonds. The zero-order valence-corrected chi connectivity index (χ0v) is 23.9. The van der Waals surface area contributed by atoms with Gasteiger partial charge in [-0.2, -0.15) is 0 Å². The molecule has 1 aliphatic carbocycles. The summed E-state index contributed by atoms with van der Waals surface area (Å²) in [6.07, 6.45) is 0. The van der Waals surface area contributed by atoms with Gasteiger partial charge in [-0.05, 0) is 79.9 Å². The first kappa shape index (κ1) is 24.6. The monoisotopic (exact) mass is 537 g/mol. The Morgan fingerprint density at radius 2 is 1.14 bits per heavy atom. The molecule has 0 atom stereocenters. The Balaban J connectivity index is 1.47. The van der Waals surface area contributed by atoms with Crippen molar-refractivity contribution in [1.82, 2.24) is 0 Å². The quantitative estimate of drug-likeness (QED) is 0.216. The average Bonchev–Trinajstić information content (AvgIpc) is 3.28. The van der Waals surface area contributed by atoms with Crippen LogP contribution in [0.25, 0.3) is 43.8 Å². The van der Waals surface area contributed by atoms with Crippen molar-refractivity contribution in [1.29, 1.82) is 0 Å². The Hall–Kier alpha value is -5.14. The van der Waals surface area contributed by atoms with Crippen molar-refractivity contribution in [3.05, 3.63) is 163 Å². The lowest BCUT2D eigenvalue weighted by molar-refractivity contribution is 0.666. The van der Waals surface area contributed by atoms with E-state index in [2.05, 4.69) is 170 Å². The Morgan fingerprint density at radius 3 is 1.93 bits per heavy atom. The van der Waals surface area contributed by atoms with Gasteiger partial charge in [0.05, 0.1) is 5.69 Å². The highest BCUT2D eigenvalue weighted by Crippen LogP contribution is 2.56. The Bertz CT molecular complexity index is 2110. The first-order valence-electron chi connectivity index (χ1n) is 14.7. The van der Waals surface area contributed by atoms with Crippen LogP contribution in [0, 0.1) is 0 Å². The number of anilines is 3. The molecular weight excluding hydrogens is 506 g/mol. The summed E-state index contributed by atoms with van der Waals surface area (Å²) in [5.41, 5.74) is 11.4. The lowest BCUT2D eigenvalue weighted by Gasteiger charge is -2.29. The second-order valence-electron chi connectivity index (χ2n) is 11.8. The molecule has 0 bridgehead atoms. The van der Waals surface area contributed by atoms with Gasteiger partial charge in [0.1, 0.15) is 0 Å². The van der Waals surface area contributed by atoms with Crippen molar-refractivity contribution in [2.24, 2.45) is 0 Å². The number of nitrogens with zero attached hydrogens (tertiary/aromatic N) is 1. The highest BCUT2D eigenvalue weighted by molar-refractivity contribution is 6.09. The van der Waals surface area contributed by atoms with Gasteiger partial charge in [0.15, 0.2) is 0 Å². The molecule has 0 unspecified atom stereocenters. The second-order valence-corrected chi connectivity index (χ2v) is 11.8. The maximum Gasteiger partial charge on any atom is 0.0546 e. The molecule has 1 aliphatic rings. The summed E-state index contributed by atoms with van der Waals surface area (Å²) in [5.74, 6) is 0. The molecule has 0 saturated heterocycles. The van der Waals surface area contributed by atoms with Crippen LogP contribution in [0.15, 0.2) is 152 Å². The average molecular weight is 538 g/mol. The maximum absolute atomic E-state index is 2.46. The second kappa shape index (κ2) is 9.46. The van der Waals surface area contributed by atoms with Crippen LogP contribution in [-0.2, 0) is 5.41 Å². The van der Waals surface area contributed by atoms with Gasteiger partial charge >= 0.3 is 0 Å². The molecular formula is C41H31N. The summed E-state index contributed by atoms with van der Waals surface area (Å²) < 4.78 is 0. The highest BCUT2D eigenvalue weighted by atomic mass is 15.1. The lowest BCUT2D eigenvalue weighted by Crippen LogP contribution is -2.16. The lowest BCUT2D eigenvalue weighted by atomic mass is 9.79.